The summed E-state index contributed by atoms with van der Waals surface area (Å²) in [4.78, 5) is 0. The van der Waals surface area contributed by atoms with E-state index in [1.807, 2.05) is 31.2 Å². The SMILES string of the molecule is COC(C)Cc1ccccc1C(N)CO. The van der Waals surface area contributed by atoms with Crippen LogP contribution in [0.3, 0.4) is 0 Å². The first-order chi connectivity index (χ1) is 7.19. The Labute approximate surface area is 90.9 Å². The summed E-state index contributed by atoms with van der Waals surface area (Å²) in [6, 6.07) is 7.60. The number of methoxy groups -OCH3 is 1. The number of benzene rings is 1. The van der Waals surface area contributed by atoms with Crippen molar-refractivity contribution in [1.82, 2.24) is 0 Å². The van der Waals surface area contributed by atoms with Crippen molar-refractivity contribution in [2.75, 3.05) is 13.7 Å². The fourth-order valence-electron chi connectivity index (χ4n) is 1.57. The van der Waals surface area contributed by atoms with E-state index in [2.05, 4.69) is 0 Å². The molecule has 0 saturated carbocycles. The van der Waals surface area contributed by atoms with E-state index in [1.165, 1.54) is 0 Å². The molecule has 0 heterocycles. The van der Waals surface area contributed by atoms with Crippen LogP contribution in [-0.4, -0.2) is 24.9 Å². The minimum absolute atomic E-state index is 0.0294. The van der Waals surface area contributed by atoms with E-state index in [9.17, 15) is 0 Å². The summed E-state index contributed by atoms with van der Waals surface area (Å²) >= 11 is 0. The highest BCUT2D eigenvalue weighted by Crippen LogP contribution is 2.17. The van der Waals surface area contributed by atoms with E-state index in [0.717, 1.165) is 17.5 Å². The molecule has 3 N–H and O–H groups in total. The van der Waals surface area contributed by atoms with Gasteiger partial charge < -0.3 is 15.6 Å². The van der Waals surface area contributed by atoms with Crippen LogP contribution in [0.5, 0.6) is 0 Å². The van der Waals surface area contributed by atoms with Crippen LogP contribution in [-0.2, 0) is 11.2 Å². The zero-order valence-electron chi connectivity index (χ0n) is 9.31. The topological polar surface area (TPSA) is 55.5 Å². The normalized spacial score (nSPS) is 14.9. The summed E-state index contributed by atoms with van der Waals surface area (Å²) in [6.45, 7) is 1.99. The van der Waals surface area contributed by atoms with Crippen LogP contribution in [0.25, 0.3) is 0 Å². The molecule has 0 amide bonds. The fourth-order valence-corrected chi connectivity index (χ4v) is 1.57. The molecule has 15 heavy (non-hydrogen) atoms. The van der Waals surface area contributed by atoms with Gasteiger partial charge in [0.15, 0.2) is 0 Å². The van der Waals surface area contributed by atoms with Gasteiger partial charge in [-0.2, -0.15) is 0 Å². The van der Waals surface area contributed by atoms with Crippen LogP contribution in [0.4, 0.5) is 0 Å². The third kappa shape index (κ3) is 3.30. The maximum Gasteiger partial charge on any atom is 0.0624 e. The maximum absolute atomic E-state index is 9.05. The van der Waals surface area contributed by atoms with Gasteiger partial charge in [0.05, 0.1) is 18.8 Å². The molecule has 0 aliphatic heterocycles. The number of aliphatic hydroxyl groups excluding tert-OH is 1. The molecular formula is C12H19NO2. The van der Waals surface area contributed by atoms with Crippen molar-refractivity contribution in [1.29, 1.82) is 0 Å². The molecule has 0 aromatic heterocycles. The Morgan fingerprint density at radius 1 is 1.40 bits per heavy atom. The Morgan fingerprint density at radius 2 is 2.07 bits per heavy atom. The first kappa shape index (κ1) is 12.2. The van der Waals surface area contributed by atoms with Gasteiger partial charge in [-0.15, -0.1) is 0 Å². The van der Waals surface area contributed by atoms with Gasteiger partial charge in [-0.3, -0.25) is 0 Å². The molecule has 1 aromatic carbocycles. The molecule has 3 heteroatoms. The monoisotopic (exact) mass is 209 g/mol. The summed E-state index contributed by atoms with van der Waals surface area (Å²) in [6.07, 6.45) is 0.984. The minimum atomic E-state index is -0.301. The largest absolute Gasteiger partial charge is 0.394 e. The van der Waals surface area contributed by atoms with Crippen molar-refractivity contribution in [3.05, 3.63) is 35.4 Å². The second kappa shape index (κ2) is 5.85. The van der Waals surface area contributed by atoms with E-state index in [4.69, 9.17) is 15.6 Å². The summed E-state index contributed by atoms with van der Waals surface area (Å²) in [7, 11) is 1.69. The van der Waals surface area contributed by atoms with Crippen LogP contribution in [0.1, 0.15) is 24.1 Å². The Balaban J connectivity index is 2.86. The van der Waals surface area contributed by atoms with E-state index in [-0.39, 0.29) is 18.8 Å². The van der Waals surface area contributed by atoms with Crippen LogP contribution in [0.15, 0.2) is 24.3 Å². The first-order valence-electron chi connectivity index (χ1n) is 5.16. The van der Waals surface area contributed by atoms with Gasteiger partial charge in [-0.05, 0) is 24.5 Å². The molecule has 1 aromatic rings. The van der Waals surface area contributed by atoms with Crippen LogP contribution in [0, 0.1) is 0 Å². The Hall–Kier alpha value is -0.900. The van der Waals surface area contributed by atoms with Crippen molar-refractivity contribution in [2.45, 2.75) is 25.5 Å². The van der Waals surface area contributed by atoms with Crippen LogP contribution in [0.2, 0.25) is 0 Å². The molecule has 0 aliphatic rings. The van der Waals surface area contributed by atoms with E-state index >= 15 is 0 Å². The Morgan fingerprint density at radius 3 is 2.67 bits per heavy atom. The second-order valence-corrected chi connectivity index (χ2v) is 3.74. The summed E-state index contributed by atoms with van der Waals surface area (Å²) in [5.41, 5.74) is 7.97. The van der Waals surface area contributed by atoms with Gasteiger partial charge in [0.1, 0.15) is 0 Å². The van der Waals surface area contributed by atoms with Crippen molar-refractivity contribution in [2.24, 2.45) is 5.73 Å². The molecule has 0 aliphatic carbocycles. The molecule has 2 unspecified atom stereocenters. The molecule has 0 fully saturated rings. The van der Waals surface area contributed by atoms with Crippen molar-refractivity contribution in [3.63, 3.8) is 0 Å². The maximum atomic E-state index is 9.05. The second-order valence-electron chi connectivity index (χ2n) is 3.74. The molecule has 84 valence electrons. The Kier molecular flexibility index (Phi) is 4.75. The highest BCUT2D eigenvalue weighted by molar-refractivity contribution is 5.30. The third-order valence-electron chi connectivity index (χ3n) is 2.56. The van der Waals surface area contributed by atoms with Gasteiger partial charge in [-0.1, -0.05) is 24.3 Å². The minimum Gasteiger partial charge on any atom is -0.394 e. The summed E-state index contributed by atoms with van der Waals surface area (Å²) in [5, 5.41) is 9.05. The molecule has 0 radical (unpaired) electrons. The standard InChI is InChI=1S/C12H19NO2/c1-9(15-2)7-10-5-3-4-6-11(10)12(13)8-14/h3-6,9,12,14H,7-8,13H2,1-2H3. The average Bonchev–Trinajstić information content (AvgIpc) is 2.28. The predicted molar refractivity (Wildman–Crippen MR) is 60.6 cm³/mol. The van der Waals surface area contributed by atoms with Gasteiger partial charge in [-0.25, -0.2) is 0 Å². The first-order valence-corrected chi connectivity index (χ1v) is 5.16. The molecule has 0 spiro atoms. The highest BCUT2D eigenvalue weighted by Gasteiger charge is 2.11. The average molecular weight is 209 g/mol. The van der Waals surface area contributed by atoms with Crippen LogP contribution < -0.4 is 5.73 Å². The molecule has 0 bridgehead atoms. The van der Waals surface area contributed by atoms with Gasteiger partial charge in [0.25, 0.3) is 0 Å². The van der Waals surface area contributed by atoms with Crippen LogP contribution >= 0.6 is 0 Å². The van der Waals surface area contributed by atoms with Gasteiger partial charge >= 0.3 is 0 Å². The van der Waals surface area contributed by atoms with Crippen molar-refractivity contribution >= 4 is 0 Å². The summed E-state index contributed by atoms with van der Waals surface area (Å²) < 4.78 is 5.22. The van der Waals surface area contributed by atoms with E-state index in [1.54, 1.807) is 7.11 Å². The number of hydrogen-bond donors (Lipinski definition) is 2. The Bertz CT molecular complexity index is 301. The molecular weight excluding hydrogens is 190 g/mol. The zero-order valence-corrected chi connectivity index (χ0v) is 9.31. The lowest BCUT2D eigenvalue weighted by atomic mass is 9.97. The number of rotatable bonds is 5. The van der Waals surface area contributed by atoms with Crippen molar-refractivity contribution < 1.29 is 9.84 Å². The van der Waals surface area contributed by atoms with E-state index < -0.39 is 0 Å². The van der Waals surface area contributed by atoms with Gasteiger partial charge in [0.2, 0.25) is 0 Å². The highest BCUT2D eigenvalue weighted by atomic mass is 16.5. The number of nitrogens with two attached hydrogens (primary N) is 1. The third-order valence-corrected chi connectivity index (χ3v) is 2.56. The molecule has 3 nitrogen and oxygen atoms in total. The lowest BCUT2D eigenvalue weighted by Crippen LogP contribution is -2.18. The number of hydrogen-bond acceptors (Lipinski definition) is 3. The lowest BCUT2D eigenvalue weighted by Gasteiger charge is -2.16. The lowest BCUT2D eigenvalue weighted by molar-refractivity contribution is 0.118. The zero-order chi connectivity index (χ0) is 11.3. The molecule has 2 atom stereocenters. The smallest absolute Gasteiger partial charge is 0.0624 e. The summed E-state index contributed by atoms with van der Waals surface area (Å²) in [5.74, 6) is 0. The fraction of sp³-hybridized carbons (Fsp3) is 0.500. The quantitative estimate of drug-likeness (QED) is 0.767. The number of ether oxygens (including phenoxy) is 1. The van der Waals surface area contributed by atoms with E-state index in [0.29, 0.717) is 0 Å². The molecule has 0 saturated heterocycles. The van der Waals surface area contributed by atoms with Gasteiger partial charge in [0, 0.05) is 7.11 Å². The predicted octanol–water partition coefficient (Wildman–Crippen LogP) is 1.26. The number of aliphatic hydroxyl groups is 1. The molecule has 1 rings (SSSR count). The van der Waals surface area contributed by atoms with Crippen molar-refractivity contribution in [3.8, 4) is 0 Å².